The van der Waals surface area contributed by atoms with E-state index in [1.165, 1.54) is 16.8 Å². The van der Waals surface area contributed by atoms with E-state index in [-0.39, 0.29) is 4.90 Å². The van der Waals surface area contributed by atoms with Gasteiger partial charge in [0.05, 0.1) is 22.8 Å². The van der Waals surface area contributed by atoms with Crippen LogP contribution in [-0.2, 0) is 16.4 Å². The number of hydrogen-bond donors (Lipinski definition) is 0. The van der Waals surface area contributed by atoms with E-state index >= 15 is 0 Å². The van der Waals surface area contributed by atoms with Gasteiger partial charge in [-0.1, -0.05) is 19.1 Å². The van der Waals surface area contributed by atoms with Crippen LogP contribution in [0.2, 0.25) is 0 Å². The average Bonchev–Trinajstić information content (AvgIpc) is 3.13. The summed E-state index contributed by atoms with van der Waals surface area (Å²) in [6.07, 6.45) is 1.19. The summed E-state index contributed by atoms with van der Waals surface area (Å²) in [5.41, 5.74) is 1.91. The number of hydrogen-bond acceptors (Lipinski definition) is 7. The molecule has 3 aromatic rings. The third-order valence-electron chi connectivity index (χ3n) is 5.01. The van der Waals surface area contributed by atoms with Crippen molar-refractivity contribution in [1.82, 2.24) is 20.2 Å². The minimum atomic E-state index is -3.24. The fourth-order valence-electron chi connectivity index (χ4n) is 3.29. The average molecular weight is 416 g/mol. The molecule has 146 valence electrons. The maximum Gasteiger partial charge on any atom is 0.175 e. The molecule has 0 unspecified atom stereocenters. The molecule has 0 radical (unpaired) electrons. The van der Waals surface area contributed by atoms with Crippen molar-refractivity contribution in [3.8, 4) is 5.69 Å². The Bertz CT molecular complexity index is 1100. The lowest BCUT2D eigenvalue weighted by molar-refractivity contribution is 0.592. The standard InChI is InChI=1S/C19H21N5O2S2/c1-13-14(2)27-18-7-5-4-6-17(18)23(13)12-19-20-21-22-24(19)15-8-10-16(11-9-15)28(3,25)26/h4-11,13-14H,12H2,1-3H3/t13-,14+/m0/s1. The molecule has 0 spiro atoms. The maximum atomic E-state index is 11.7. The molecule has 1 aliphatic rings. The first kappa shape index (κ1) is 18.9. The summed E-state index contributed by atoms with van der Waals surface area (Å²) < 4.78 is 25.0. The Labute approximate surface area is 168 Å². The van der Waals surface area contributed by atoms with Gasteiger partial charge in [-0.05, 0) is 53.7 Å². The predicted octanol–water partition coefficient (Wildman–Crippen LogP) is 2.96. The van der Waals surface area contributed by atoms with Crippen molar-refractivity contribution in [2.24, 2.45) is 0 Å². The van der Waals surface area contributed by atoms with Gasteiger partial charge < -0.3 is 4.90 Å². The van der Waals surface area contributed by atoms with Gasteiger partial charge >= 0.3 is 0 Å². The first-order valence-corrected chi connectivity index (χ1v) is 11.7. The molecule has 4 rings (SSSR count). The van der Waals surface area contributed by atoms with E-state index in [0.29, 0.717) is 23.7 Å². The number of fused-ring (bicyclic) bond motifs is 1. The van der Waals surface area contributed by atoms with Crippen LogP contribution in [0.3, 0.4) is 0 Å². The van der Waals surface area contributed by atoms with Gasteiger partial charge in [-0.25, -0.2) is 8.42 Å². The van der Waals surface area contributed by atoms with E-state index in [0.717, 1.165) is 5.69 Å². The highest BCUT2D eigenvalue weighted by Gasteiger charge is 2.30. The zero-order valence-electron chi connectivity index (χ0n) is 15.8. The summed E-state index contributed by atoms with van der Waals surface area (Å²) in [7, 11) is -3.24. The van der Waals surface area contributed by atoms with E-state index in [1.54, 1.807) is 28.9 Å². The molecular weight excluding hydrogens is 394 g/mol. The molecule has 2 heterocycles. The minimum Gasteiger partial charge on any atom is -0.359 e. The van der Waals surface area contributed by atoms with Crippen molar-refractivity contribution < 1.29 is 8.42 Å². The highest BCUT2D eigenvalue weighted by molar-refractivity contribution is 8.00. The van der Waals surface area contributed by atoms with Crippen LogP contribution in [0, 0.1) is 0 Å². The van der Waals surface area contributed by atoms with E-state index < -0.39 is 9.84 Å². The van der Waals surface area contributed by atoms with Crippen molar-refractivity contribution in [3.05, 3.63) is 54.4 Å². The molecule has 0 fully saturated rings. The molecular formula is C19H21N5O2S2. The monoisotopic (exact) mass is 415 g/mol. The fraction of sp³-hybridized carbons (Fsp3) is 0.316. The van der Waals surface area contributed by atoms with E-state index in [1.807, 2.05) is 17.8 Å². The van der Waals surface area contributed by atoms with Gasteiger partial charge in [-0.15, -0.1) is 16.9 Å². The fourth-order valence-corrected chi connectivity index (χ4v) is 5.12. The Morgan fingerprint density at radius 1 is 1.07 bits per heavy atom. The first-order chi connectivity index (χ1) is 13.3. The van der Waals surface area contributed by atoms with E-state index in [4.69, 9.17) is 0 Å². The molecule has 1 aromatic heterocycles. The Hall–Kier alpha value is -2.39. The summed E-state index contributed by atoms with van der Waals surface area (Å²) in [4.78, 5) is 3.85. The number of tetrazole rings is 1. The number of aromatic nitrogens is 4. The van der Waals surface area contributed by atoms with Crippen LogP contribution in [-0.4, -0.2) is 46.2 Å². The molecule has 0 N–H and O–H groups in total. The quantitative estimate of drug-likeness (QED) is 0.648. The molecule has 0 aliphatic carbocycles. The van der Waals surface area contributed by atoms with E-state index in [9.17, 15) is 8.42 Å². The Morgan fingerprint density at radius 3 is 2.50 bits per heavy atom. The molecule has 2 atom stereocenters. The summed E-state index contributed by atoms with van der Waals surface area (Å²) in [6, 6.07) is 15.3. The Morgan fingerprint density at radius 2 is 1.79 bits per heavy atom. The minimum absolute atomic E-state index is 0.273. The maximum absolute atomic E-state index is 11.7. The largest absolute Gasteiger partial charge is 0.359 e. The topological polar surface area (TPSA) is 81.0 Å². The van der Waals surface area contributed by atoms with Crippen molar-refractivity contribution >= 4 is 27.3 Å². The van der Waals surface area contributed by atoms with Crippen LogP contribution in [0.25, 0.3) is 5.69 Å². The summed E-state index contributed by atoms with van der Waals surface area (Å²) in [6.45, 7) is 5.00. The van der Waals surface area contributed by atoms with Gasteiger partial charge in [0, 0.05) is 22.4 Å². The molecule has 0 bridgehead atoms. The molecule has 9 heteroatoms. The van der Waals surface area contributed by atoms with Crippen LogP contribution < -0.4 is 4.90 Å². The van der Waals surface area contributed by atoms with Crippen LogP contribution in [0.5, 0.6) is 0 Å². The van der Waals surface area contributed by atoms with E-state index in [2.05, 4.69) is 52.5 Å². The van der Waals surface area contributed by atoms with Gasteiger partial charge in [0.15, 0.2) is 15.7 Å². The van der Waals surface area contributed by atoms with Crippen molar-refractivity contribution in [2.75, 3.05) is 11.2 Å². The Balaban J connectivity index is 1.67. The van der Waals surface area contributed by atoms with Gasteiger partial charge in [0.25, 0.3) is 0 Å². The molecule has 0 saturated heterocycles. The number of anilines is 1. The number of thioether (sulfide) groups is 1. The Kier molecular flexibility index (Phi) is 4.88. The third kappa shape index (κ3) is 3.51. The SMILES string of the molecule is C[C@H]1Sc2ccccc2N(Cc2nnnn2-c2ccc(S(C)(=O)=O)cc2)[C@H]1C. The number of benzene rings is 2. The van der Waals surface area contributed by atoms with Crippen LogP contribution in [0.1, 0.15) is 19.7 Å². The van der Waals surface area contributed by atoms with Crippen LogP contribution >= 0.6 is 11.8 Å². The van der Waals surface area contributed by atoms with Gasteiger partial charge in [0.1, 0.15) is 0 Å². The number of para-hydroxylation sites is 1. The lowest BCUT2D eigenvalue weighted by Gasteiger charge is -2.40. The second-order valence-corrected chi connectivity index (χ2v) is 10.4. The van der Waals surface area contributed by atoms with Crippen molar-refractivity contribution in [2.45, 2.75) is 41.5 Å². The first-order valence-electron chi connectivity index (χ1n) is 8.94. The van der Waals surface area contributed by atoms with Gasteiger partial charge in [-0.2, -0.15) is 4.68 Å². The normalized spacial score (nSPS) is 19.5. The van der Waals surface area contributed by atoms with Gasteiger partial charge in [0.2, 0.25) is 0 Å². The number of nitrogens with zero attached hydrogens (tertiary/aromatic N) is 5. The second-order valence-electron chi connectivity index (χ2n) is 6.93. The predicted molar refractivity (Wildman–Crippen MR) is 110 cm³/mol. The lowest BCUT2D eigenvalue weighted by atomic mass is 10.1. The van der Waals surface area contributed by atoms with Gasteiger partial charge in [-0.3, -0.25) is 0 Å². The molecule has 0 saturated carbocycles. The molecule has 28 heavy (non-hydrogen) atoms. The van der Waals surface area contributed by atoms with Crippen molar-refractivity contribution in [3.63, 3.8) is 0 Å². The zero-order valence-corrected chi connectivity index (χ0v) is 17.5. The molecule has 1 aliphatic heterocycles. The third-order valence-corrected chi connectivity index (χ3v) is 7.51. The summed E-state index contributed by atoms with van der Waals surface area (Å²) >= 11 is 1.88. The second kappa shape index (κ2) is 7.21. The summed E-state index contributed by atoms with van der Waals surface area (Å²) in [5, 5.41) is 12.6. The highest BCUT2D eigenvalue weighted by atomic mass is 32.2. The summed E-state index contributed by atoms with van der Waals surface area (Å²) in [5.74, 6) is 0.702. The van der Waals surface area contributed by atoms with Crippen LogP contribution in [0.15, 0.2) is 58.3 Å². The number of sulfone groups is 1. The molecule has 7 nitrogen and oxygen atoms in total. The molecule has 2 aromatic carbocycles. The van der Waals surface area contributed by atoms with Crippen molar-refractivity contribution in [1.29, 1.82) is 0 Å². The molecule has 0 amide bonds. The zero-order chi connectivity index (χ0) is 19.9. The lowest BCUT2D eigenvalue weighted by Crippen LogP contribution is -2.42. The number of rotatable bonds is 4. The van der Waals surface area contributed by atoms with Crippen LogP contribution in [0.4, 0.5) is 5.69 Å². The highest BCUT2D eigenvalue weighted by Crippen LogP contribution is 2.41. The smallest absolute Gasteiger partial charge is 0.175 e.